The second kappa shape index (κ2) is 5.91. The Morgan fingerprint density at radius 2 is 2.38 bits per heavy atom. The van der Waals surface area contributed by atoms with E-state index in [1.165, 1.54) is 6.42 Å². The van der Waals surface area contributed by atoms with Gasteiger partial charge in [-0.25, -0.2) is 0 Å². The Morgan fingerprint density at radius 1 is 1.52 bits per heavy atom. The number of benzene rings is 1. The van der Waals surface area contributed by atoms with Gasteiger partial charge in [0.2, 0.25) is 0 Å². The molecule has 0 radical (unpaired) electrons. The molecule has 2 bridgehead atoms. The van der Waals surface area contributed by atoms with E-state index in [4.69, 9.17) is 20.4 Å². The van der Waals surface area contributed by atoms with Gasteiger partial charge in [0, 0.05) is 12.6 Å². The highest BCUT2D eigenvalue weighted by molar-refractivity contribution is 5.99. The van der Waals surface area contributed by atoms with Crippen LogP contribution in [-0.4, -0.2) is 36.4 Å². The molecule has 6 heteroatoms. The van der Waals surface area contributed by atoms with Crippen molar-refractivity contribution in [3.63, 3.8) is 0 Å². The quantitative estimate of drug-likeness (QED) is 0.328. The molecule has 1 aromatic carbocycles. The highest BCUT2D eigenvalue weighted by atomic mass is 16.5. The number of methoxy groups -OCH3 is 1. The fraction of sp³-hybridized carbons (Fsp3) is 0.533. The van der Waals surface area contributed by atoms with E-state index in [0.717, 1.165) is 24.9 Å². The third-order valence-corrected chi connectivity index (χ3v) is 4.32. The normalized spacial score (nSPS) is 28.0. The van der Waals surface area contributed by atoms with Crippen molar-refractivity contribution in [2.45, 2.75) is 44.1 Å². The van der Waals surface area contributed by atoms with Gasteiger partial charge in [0.25, 0.3) is 0 Å². The van der Waals surface area contributed by atoms with Gasteiger partial charge in [0.1, 0.15) is 5.75 Å². The fourth-order valence-corrected chi connectivity index (χ4v) is 3.21. The van der Waals surface area contributed by atoms with Crippen LogP contribution < -0.4 is 15.8 Å². The van der Waals surface area contributed by atoms with Crippen LogP contribution >= 0.6 is 0 Å². The Kier molecular flexibility index (Phi) is 3.98. The van der Waals surface area contributed by atoms with Crippen LogP contribution in [0.25, 0.3) is 0 Å². The van der Waals surface area contributed by atoms with Gasteiger partial charge in [0.05, 0.1) is 24.9 Å². The van der Waals surface area contributed by atoms with Crippen molar-refractivity contribution in [2.75, 3.05) is 7.11 Å². The minimum atomic E-state index is 0.0489. The van der Waals surface area contributed by atoms with Crippen LogP contribution in [0.4, 0.5) is 0 Å². The number of amidine groups is 1. The first-order valence-electron chi connectivity index (χ1n) is 7.25. The van der Waals surface area contributed by atoms with Gasteiger partial charge >= 0.3 is 0 Å². The topological polar surface area (TPSA) is 89.1 Å². The average Bonchev–Trinajstić information content (AvgIpc) is 3.14. The third kappa shape index (κ3) is 2.82. The molecule has 2 aliphatic heterocycles. The third-order valence-electron chi connectivity index (χ3n) is 4.32. The summed E-state index contributed by atoms with van der Waals surface area (Å²) >= 11 is 0. The van der Waals surface area contributed by atoms with Crippen molar-refractivity contribution in [3.8, 4) is 5.75 Å². The molecule has 4 N–H and O–H groups in total. The Balaban J connectivity index is 1.66. The first-order valence-corrected chi connectivity index (χ1v) is 7.25. The zero-order valence-electron chi connectivity index (χ0n) is 12.1. The second-order valence-corrected chi connectivity index (χ2v) is 5.62. The van der Waals surface area contributed by atoms with Crippen LogP contribution in [0, 0.1) is 0 Å². The summed E-state index contributed by atoms with van der Waals surface area (Å²) in [6.45, 7) is 0.754. The maximum absolute atomic E-state index is 8.77. The van der Waals surface area contributed by atoms with E-state index in [0.29, 0.717) is 29.6 Å². The van der Waals surface area contributed by atoms with Crippen molar-refractivity contribution in [1.29, 1.82) is 0 Å². The summed E-state index contributed by atoms with van der Waals surface area (Å²) in [5.74, 6) is 0.654. The van der Waals surface area contributed by atoms with E-state index in [1.807, 2.05) is 18.2 Å². The lowest BCUT2D eigenvalue weighted by molar-refractivity contribution is 0.0973. The number of nitrogens with one attached hydrogen (secondary N) is 1. The van der Waals surface area contributed by atoms with Crippen molar-refractivity contribution in [3.05, 3.63) is 29.3 Å². The van der Waals surface area contributed by atoms with Crippen LogP contribution in [0.3, 0.4) is 0 Å². The van der Waals surface area contributed by atoms with Crippen LogP contribution in [0.1, 0.15) is 30.4 Å². The molecule has 3 atom stereocenters. The minimum absolute atomic E-state index is 0.0489. The summed E-state index contributed by atoms with van der Waals surface area (Å²) < 4.78 is 11.1. The monoisotopic (exact) mass is 291 g/mol. The van der Waals surface area contributed by atoms with Crippen LogP contribution in [0.5, 0.6) is 5.75 Å². The number of hydrogen-bond donors (Lipinski definition) is 3. The molecule has 0 amide bonds. The SMILES string of the molecule is COc1cc(CNC2CC3CCC2O3)ccc1/C(N)=N/O. The van der Waals surface area contributed by atoms with Crippen molar-refractivity contribution in [1.82, 2.24) is 5.32 Å². The van der Waals surface area contributed by atoms with Crippen LogP contribution in [-0.2, 0) is 11.3 Å². The number of rotatable bonds is 5. The largest absolute Gasteiger partial charge is 0.496 e. The molecule has 6 nitrogen and oxygen atoms in total. The maximum atomic E-state index is 8.77. The van der Waals surface area contributed by atoms with Gasteiger partial charge in [-0.15, -0.1) is 0 Å². The first kappa shape index (κ1) is 14.2. The number of fused-ring (bicyclic) bond motifs is 2. The van der Waals surface area contributed by atoms with Gasteiger partial charge in [-0.05, 0) is 37.0 Å². The summed E-state index contributed by atoms with van der Waals surface area (Å²) in [7, 11) is 1.57. The highest BCUT2D eigenvalue weighted by Gasteiger charge is 2.40. The maximum Gasteiger partial charge on any atom is 0.173 e. The molecular weight excluding hydrogens is 270 g/mol. The molecule has 2 saturated heterocycles. The van der Waals surface area contributed by atoms with E-state index in [1.54, 1.807) is 7.11 Å². The predicted molar refractivity (Wildman–Crippen MR) is 78.6 cm³/mol. The standard InChI is InChI=1S/C15H21N3O3/c1-20-14-6-9(2-4-11(14)15(16)18-19)8-17-12-7-10-3-5-13(12)21-10/h2,4,6,10,12-13,17,19H,3,5,7-8H2,1H3,(H2,16,18). The van der Waals surface area contributed by atoms with Crippen LogP contribution in [0.15, 0.2) is 23.4 Å². The first-order chi connectivity index (χ1) is 10.2. The Bertz CT molecular complexity index is 547. The zero-order valence-corrected chi connectivity index (χ0v) is 12.1. The van der Waals surface area contributed by atoms with Crippen molar-refractivity contribution in [2.24, 2.45) is 10.9 Å². The summed E-state index contributed by atoms with van der Waals surface area (Å²) in [5.41, 5.74) is 7.31. The van der Waals surface area contributed by atoms with Crippen molar-refractivity contribution < 1.29 is 14.7 Å². The summed E-state index contributed by atoms with van der Waals surface area (Å²) in [6, 6.07) is 6.12. The van der Waals surface area contributed by atoms with Gasteiger partial charge in [-0.2, -0.15) is 0 Å². The molecule has 21 heavy (non-hydrogen) atoms. The Hall–Kier alpha value is -1.79. The lowest BCUT2D eigenvalue weighted by Gasteiger charge is -2.20. The van der Waals surface area contributed by atoms with Gasteiger partial charge < -0.3 is 25.7 Å². The molecule has 3 rings (SSSR count). The van der Waals surface area contributed by atoms with E-state index in [-0.39, 0.29) is 5.84 Å². The molecule has 114 valence electrons. The van der Waals surface area contributed by atoms with Gasteiger partial charge in [0.15, 0.2) is 5.84 Å². The molecule has 0 spiro atoms. The van der Waals surface area contributed by atoms with E-state index >= 15 is 0 Å². The second-order valence-electron chi connectivity index (χ2n) is 5.62. The highest BCUT2D eigenvalue weighted by Crippen LogP contribution is 2.34. The lowest BCUT2D eigenvalue weighted by Crippen LogP contribution is -2.37. The molecule has 1 aromatic rings. The molecular formula is C15H21N3O3. The zero-order chi connectivity index (χ0) is 14.8. The lowest BCUT2D eigenvalue weighted by atomic mass is 9.95. The van der Waals surface area contributed by atoms with Gasteiger partial charge in [-0.1, -0.05) is 11.2 Å². The fourth-order valence-electron chi connectivity index (χ4n) is 3.21. The number of nitrogens with zero attached hydrogens (tertiary/aromatic N) is 1. The molecule has 2 heterocycles. The molecule has 2 fully saturated rings. The average molecular weight is 291 g/mol. The number of nitrogens with two attached hydrogens (primary N) is 1. The Morgan fingerprint density at radius 3 is 3.00 bits per heavy atom. The van der Waals surface area contributed by atoms with Crippen LogP contribution in [0.2, 0.25) is 0 Å². The molecule has 3 unspecified atom stereocenters. The van der Waals surface area contributed by atoms with E-state index in [9.17, 15) is 0 Å². The minimum Gasteiger partial charge on any atom is -0.496 e. The van der Waals surface area contributed by atoms with Crippen molar-refractivity contribution >= 4 is 5.84 Å². The molecule has 0 aromatic heterocycles. The van der Waals surface area contributed by atoms with E-state index in [2.05, 4.69) is 10.5 Å². The summed E-state index contributed by atoms with van der Waals surface area (Å²) in [6.07, 6.45) is 4.28. The van der Waals surface area contributed by atoms with E-state index < -0.39 is 0 Å². The molecule has 0 aliphatic carbocycles. The number of oxime groups is 1. The number of hydrogen-bond acceptors (Lipinski definition) is 5. The number of ether oxygens (including phenoxy) is 2. The molecule has 2 aliphatic rings. The smallest absolute Gasteiger partial charge is 0.173 e. The molecule has 0 saturated carbocycles. The summed E-state index contributed by atoms with van der Waals surface area (Å²) in [4.78, 5) is 0. The van der Waals surface area contributed by atoms with Gasteiger partial charge in [-0.3, -0.25) is 0 Å². The Labute approximate surface area is 123 Å². The predicted octanol–water partition coefficient (Wildman–Crippen LogP) is 1.20. The summed E-state index contributed by atoms with van der Waals surface area (Å²) in [5, 5.41) is 15.3.